The second-order valence-corrected chi connectivity index (χ2v) is 7.32. The number of fused-ring (bicyclic) bond motifs is 1. The van der Waals surface area contributed by atoms with Gasteiger partial charge in [-0.3, -0.25) is 4.57 Å². The van der Waals surface area contributed by atoms with E-state index in [0.29, 0.717) is 23.2 Å². The van der Waals surface area contributed by atoms with Gasteiger partial charge >= 0.3 is 0 Å². The molecule has 1 saturated heterocycles. The number of ether oxygens (including phenoxy) is 1. The predicted molar refractivity (Wildman–Crippen MR) is 97.9 cm³/mol. The van der Waals surface area contributed by atoms with Crippen LogP contribution in [0.4, 0.5) is 11.8 Å². The van der Waals surface area contributed by atoms with Gasteiger partial charge in [-0.15, -0.1) is 0 Å². The van der Waals surface area contributed by atoms with Crippen molar-refractivity contribution in [3.05, 3.63) is 6.33 Å². The fraction of sp³-hybridized carbons (Fsp3) is 0.706. The Morgan fingerprint density at radius 3 is 2.56 bits per heavy atom. The van der Waals surface area contributed by atoms with E-state index < -0.39 is 31.1 Å². The molecule has 3 heterocycles. The van der Waals surface area contributed by atoms with Crippen LogP contribution in [-0.4, -0.2) is 65.8 Å². The number of aromatic nitrogens is 4. The number of nitrogens with two attached hydrogens (primary N) is 1. The van der Waals surface area contributed by atoms with Gasteiger partial charge in [0.15, 0.2) is 17.7 Å². The minimum absolute atomic E-state index is 0.238. The van der Waals surface area contributed by atoms with Crippen molar-refractivity contribution in [2.24, 2.45) is 0 Å². The molecule has 1 aliphatic carbocycles. The first-order valence-corrected chi connectivity index (χ1v) is 9.47. The highest BCUT2D eigenvalue weighted by molar-refractivity contribution is 5.83. The Kier molecular flexibility index (Phi) is 5.13. The van der Waals surface area contributed by atoms with E-state index in [-0.39, 0.29) is 5.82 Å². The number of nitrogens with zero attached hydrogens (tertiary/aromatic N) is 4. The molecule has 10 nitrogen and oxygen atoms in total. The van der Waals surface area contributed by atoms with Gasteiger partial charge in [0, 0.05) is 6.04 Å². The first-order valence-electron chi connectivity index (χ1n) is 9.47. The lowest BCUT2D eigenvalue weighted by Crippen LogP contribution is -2.33. The summed E-state index contributed by atoms with van der Waals surface area (Å²) in [5.74, 6) is 0.655. The van der Waals surface area contributed by atoms with E-state index in [0.717, 1.165) is 12.8 Å². The normalized spacial score (nSPS) is 29.9. The zero-order chi connectivity index (χ0) is 19.0. The van der Waals surface area contributed by atoms with E-state index in [4.69, 9.17) is 10.5 Å². The fourth-order valence-electron chi connectivity index (χ4n) is 3.91. The SMILES string of the molecule is Nc1nc(NC2CCCCCC2)nc2c1ncn2C1O[C@H](CO)[C@@H](O)[C@H]1O. The highest BCUT2D eigenvalue weighted by Gasteiger charge is 2.44. The summed E-state index contributed by atoms with van der Waals surface area (Å²) in [7, 11) is 0. The Balaban J connectivity index is 1.64. The number of nitrogen functional groups attached to an aromatic ring is 1. The van der Waals surface area contributed by atoms with Crippen LogP contribution in [-0.2, 0) is 4.74 Å². The molecule has 1 unspecified atom stereocenters. The average Bonchev–Trinajstić information content (AvgIpc) is 3.07. The second-order valence-electron chi connectivity index (χ2n) is 7.32. The number of hydrogen-bond acceptors (Lipinski definition) is 9. The van der Waals surface area contributed by atoms with E-state index >= 15 is 0 Å². The van der Waals surface area contributed by atoms with Gasteiger partial charge in [-0.25, -0.2) is 4.98 Å². The number of anilines is 2. The molecule has 0 spiro atoms. The molecule has 0 aromatic carbocycles. The molecule has 4 atom stereocenters. The molecule has 2 aliphatic rings. The predicted octanol–water partition coefficient (Wildman–Crippen LogP) is 0.155. The highest BCUT2D eigenvalue weighted by Crippen LogP contribution is 2.32. The molecule has 2 aromatic rings. The molecule has 2 fully saturated rings. The Morgan fingerprint density at radius 2 is 1.89 bits per heavy atom. The zero-order valence-corrected chi connectivity index (χ0v) is 15.0. The van der Waals surface area contributed by atoms with E-state index in [1.54, 1.807) is 0 Å². The number of hydrogen-bond donors (Lipinski definition) is 5. The maximum atomic E-state index is 10.3. The van der Waals surface area contributed by atoms with Gasteiger partial charge in [0.25, 0.3) is 0 Å². The Hall–Kier alpha value is -2.01. The second kappa shape index (κ2) is 7.55. The van der Waals surface area contributed by atoms with Crippen LogP contribution in [0.2, 0.25) is 0 Å². The highest BCUT2D eigenvalue weighted by atomic mass is 16.6. The Morgan fingerprint density at radius 1 is 1.15 bits per heavy atom. The topological polar surface area (TPSA) is 152 Å². The van der Waals surface area contributed by atoms with Crippen molar-refractivity contribution in [3.8, 4) is 0 Å². The molecule has 6 N–H and O–H groups in total. The summed E-state index contributed by atoms with van der Waals surface area (Å²) in [5, 5.41) is 33.0. The maximum Gasteiger partial charge on any atom is 0.226 e. The molecular weight excluding hydrogens is 352 g/mol. The molecule has 148 valence electrons. The van der Waals surface area contributed by atoms with Crippen molar-refractivity contribution < 1.29 is 20.1 Å². The van der Waals surface area contributed by atoms with E-state index in [1.807, 2.05) is 0 Å². The van der Waals surface area contributed by atoms with Gasteiger partial charge < -0.3 is 31.1 Å². The third kappa shape index (κ3) is 3.45. The first-order chi connectivity index (χ1) is 13.1. The smallest absolute Gasteiger partial charge is 0.226 e. The molecule has 1 saturated carbocycles. The summed E-state index contributed by atoms with van der Waals surface area (Å²) < 4.78 is 7.11. The summed E-state index contributed by atoms with van der Waals surface area (Å²) in [6, 6.07) is 0.301. The van der Waals surface area contributed by atoms with E-state index in [9.17, 15) is 15.3 Å². The standard InChI is InChI=1S/C17H26N6O4/c18-14-11-15(22-17(21-14)20-9-5-3-1-2-4-6-9)23(8-19-11)16-13(26)12(25)10(7-24)27-16/h8-10,12-13,16,24-26H,1-7H2,(H3,18,20,21,22)/t10-,12-,13-,16?/m1/s1. The molecule has 0 bridgehead atoms. The minimum atomic E-state index is -1.21. The lowest BCUT2D eigenvalue weighted by atomic mass is 10.1. The van der Waals surface area contributed by atoms with Crippen molar-refractivity contribution in [3.63, 3.8) is 0 Å². The largest absolute Gasteiger partial charge is 0.394 e. The lowest BCUT2D eigenvalue weighted by molar-refractivity contribution is -0.0511. The summed E-state index contributed by atoms with van der Waals surface area (Å²) in [5.41, 5.74) is 6.87. The molecule has 27 heavy (non-hydrogen) atoms. The van der Waals surface area contributed by atoms with Gasteiger partial charge in [0.05, 0.1) is 12.9 Å². The quantitative estimate of drug-likeness (QED) is 0.468. The van der Waals surface area contributed by atoms with Crippen molar-refractivity contribution in [2.45, 2.75) is 69.1 Å². The van der Waals surface area contributed by atoms with Crippen molar-refractivity contribution in [1.29, 1.82) is 0 Å². The number of aliphatic hydroxyl groups is 3. The number of imidazole rings is 1. The third-order valence-corrected chi connectivity index (χ3v) is 5.43. The van der Waals surface area contributed by atoms with Gasteiger partial charge in [-0.2, -0.15) is 9.97 Å². The van der Waals surface area contributed by atoms with Gasteiger partial charge in [0.2, 0.25) is 5.95 Å². The molecule has 1 aliphatic heterocycles. The number of nitrogens with one attached hydrogen (secondary N) is 1. The van der Waals surface area contributed by atoms with E-state index in [2.05, 4.69) is 20.3 Å². The van der Waals surface area contributed by atoms with Gasteiger partial charge in [0.1, 0.15) is 23.8 Å². The van der Waals surface area contributed by atoms with Crippen LogP contribution >= 0.6 is 0 Å². The van der Waals surface area contributed by atoms with Crippen LogP contribution < -0.4 is 11.1 Å². The van der Waals surface area contributed by atoms with Crippen LogP contribution in [0.25, 0.3) is 11.2 Å². The zero-order valence-electron chi connectivity index (χ0n) is 15.0. The van der Waals surface area contributed by atoms with Crippen LogP contribution in [0, 0.1) is 0 Å². The maximum absolute atomic E-state index is 10.3. The minimum Gasteiger partial charge on any atom is -0.394 e. The first kappa shape index (κ1) is 18.4. The van der Waals surface area contributed by atoms with Crippen LogP contribution in [0.15, 0.2) is 6.33 Å². The number of aliphatic hydroxyl groups excluding tert-OH is 3. The molecule has 4 rings (SSSR count). The lowest BCUT2D eigenvalue weighted by Gasteiger charge is -2.18. The molecule has 0 amide bonds. The summed E-state index contributed by atoms with van der Waals surface area (Å²) in [6.45, 7) is -0.396. The summed E-state index contributed by atoms with van der Waals surface area (Å²) in [4.78, 5) is 13.1. The molecular formula is C17H26N6O4. The monoisotopic (exact) mass is 378 g/mol. The van der Waals surface area contributed by atoms with Crippen LogP contribution in [0.5, 0.6) is 0 Å². The van der Waals surface area contributed by atoms with Crippen LogP contribution in [0.3, 0.4) is 0 Å². The average molecular weight is 378 g/mol. The van der Waals surface area contributed by atoms with Crippen LogP contribution in [0.1, 0.15) is 44.8 Å². The molecule has 2 aromatic heterocycles. The van der Waals surface area contributed by atoms with Gasteiger partial charge in [-0.1, -0.05) is 25.7 Å². The van der Waals surface area contributed by atoms with Crippen molar-refractivity contribution in [1.82, 2.24) is 19.5 Å². The van der Waals surface area contributed by atoms with Gasteiger partial charge in [-0.05, 0) is 12.8 Å². The van der Waals surface area contributed by atoms with E-state index in [1.165, 1.54) is 36.6 Å². The van der Waals surface area contributed by atoms with Crippen molar-refractivity contribution in [2.75, 3.05) is 17.7 Å². The fourth-order valence-corrected chi connectivity index (χ4v) is 3.91. The molecule has 0 radical (unpaired) electrons. The number of rotatable bonds is 4. The molecule has 10 heteroatoms. The Labute approximate surface area is 156 Å². The summed E-state index contributed by atoms with van der Waals surface area (Å²) in [6.07, 6.45) is 4.24. The van der Waals surface area contributed by atoms with Crippen molar-refractivity contribution >= 4 is 22.9 Å². The Bertz CT molecular complexity index is 791. The third-order valence-electron chi connectivity index (χ3n) is 5.43. The summed E-state index contributed by atoms with van der Waals surface area (Å²) >= 11 is 0.